The van der Waals surface area contributed by atoms with Crippen molar-refractivity contribution in [1.29, 1.82) is 0 Å². The van der Waals surface area contributed by atoms with Crippen LogP contribution in [0.2, 0.25) is 0 Å². The minimum Gasteiger partial charge on any atom is -0.493 e. The highest BCUT2D eigenvalue weighted by atomic mass is 79.9. The molecule has 0 aliphatic carbocycles. The molecule has 0 saturated carbocycles. The number of nitro benzene ring substituents is 1. The van der Waals surface area contributed by atoms with Gasteiger partial charge in [0.25, 0.3) is 5.91 Å². The van der Waals surface area contributed by atoms with Crippen molar-refractivity contribution in [1.82, 2.24) is 0 Å². The van der Waals surface area contributed by atoms with Crippen molar-refractivity contribution >= 4 is 33.2 Å². The lowest BCUT2D eigenvalue weighted by Gasteiger charge is -2.15. The molecule has 0 aliphatic heterocycles. The van der Waals surface area contributed by atoms with Gasteiger partial charge in [-0.3, -0.25) is 14.9 Å². The predicted molar refractivity (Wildman–Crippen MR) is 94.8 cm³/mol. The number of carbonyl (C=O) groups excluding carboxylic acids is 1. The van der Waals surface area contributed by atoms with Crippen LogP contribution in [0.25, 0.3) is 0 Å². The molecule has 8 nitrogen and oxygen atoms in total. The van der Waals surface area contributed by atoms with E-state index in [1.54, 1.807) is 24.3 Å². The average Bonchev–Trinajstić information content (AvgIpc) is 2.61. The number of benzene rings is 2. The molecule has 0 unspecified atom stereocenters. The number of hydrogen-bond donors (Lipinski definition) is 1. The summed E-state index contributed by atoms with van der Waals surface area (Å²) in [4.78, 5) is 23.4. The zero-order valence-electron chi connectivity index (χ0n) is 13.7. The molecule has 9 heteroatoms. The summed E-state index contributed by atoms with van der Waals surface area (Å²) in [6.45, 7) is 0. The smallest absolute Gasteiger partial charge is 0.327 e. The van der Waals surface area contributed by atoms with Crippen LogP contribution in [0.4, 0.5) is 11.4 Å². The van der Waals surface area contributed by atoms with Crippen LogP contribution in [0.1, 0.15) is 10.4 Å². The Bertz CT molecular complexity index is 807. The summed E-state index contributed by atoms with van der Waals surface area (Å²) >= 11 is 3.29. The van der Waals surface area contributed by atoms with E-state index in [1.165, 1.54) is 27.4 Å². The molecule has 0 atom stereocenters. The fourth-order valence-electron chi connectivity index (χ4n) is 2.23. The van der Waals surface area contributed by atoms with Gasteiger partial charge in [-0.1, -0.05) is 15.9 Å². The Morgan fingerprint density at radius 3 is 2.16 bits per heavy atom. The predicted octanol–water partition coefficient (Wildman–Crippen LogP) is 3.64. The maximum absolute atomic E-state index is 12.6. The van der Waals surface area contributed by atoms with Gasteiger partial charge in [0, 0.05) is 16.2 Å². The second-order valence-electron chi connectivity index (χ2n) is 4.76. The molecule has 2 aromatic rings. The molecule has 25 heavy (non-hydrogen) atoms. The van der Waals surface area contributed by atoms with E-state index in [2.05, 4.69) is 21.2 Å². The van der Waals surface area contributed by atoms with Gasteiger partial charge in [-0.15, -0.1) is 0 Å². The number of methoxy groups -OCH3 is 3. The van der Waals surface area contributed by atoms with E-state index in [0.29, 0.717) is 5.69 Å². The number of halogens is 1. The Morgan fingerprint density at radius 2 is 1.68 bits per heavy atom. The minimum atomic E-state index is -0.697. The largest absolute Gasteiger partial charge is 0.493 e. The lowest BCUT2D eigenvalue weighted by molar-refractivity contribution is -0.386. The fourth-order valence-corrected chi connectivity index (χ4v) is 2.49. The molecule has 0 heterocycles. The van der Waals surface area contributed by atoms with E-state index in [9.17, 15) is 14.9 Å². The van der Waals surface area contributed by atoms with Gasteiger partial charge in [-0.05, 0) is 24.3 Å². The Hall–Kier alpha value is -2.81. The summed E-state index contributed by atoms with van der Waals surface area (Å²) < 4.78 is 16.2. The van der Waals surface area contributed by atoms with Gasteiger partial charge >= 0.3 is 5.69 Å². The highest BCUT2D eigenvalue weighted by Crippen LogP contribution is 2.46. The first-order valence-corrected chi connectivity index (χ1v) is 7.76. The molecule has 0 aromatic heterocycles. The monoisotopic (exact) mass is 410 g/mol. The van der Waals surface area contributed by atoms with Crippen molar-refractivity contribution in [2.45, 2.75) is 0 Å². The molecule has 1 N–H and O–H groups in total. The SMILES string of the molecule is COc1cc(C(=O)Nc2ccc(Br)cc2)c([N+](=O)[O-])c(OC)c1OC. The molecule has 0 fully saturated rings. The summed E-state index contributed by atoms with van der Waals surface area (Å²) in [6.07, 6.45) is 0. The summed E-state index contributed by atoms with van der Waals surface area (Å²) in [6, 6.07) is 8.03. The number of hydrogen-bond acceptors (Lipinski definition) is 6. The summed E-state index contributed by atoms with van der Waals surface area (Å²) in [5.41, 5.74) is -0.228. The van der Waals surface area contributed by atoms with Crippen LogP contribution in [0.5, 0.6) is 17.2 Å². The van der Waals surface area contributed by atoms with Gasteiger partial charge < -0.3 is 19.5 Å². The lowest BCUT2D eigenvalue weighted by Crippen LogP contribution is -2.15. The maximum atomic E-state index is 12.6. The summed E-state index contributed by atoms with van der Waals surface area (Å²) in [7, 11) is 3.94. The average molecular weight is 411 g/mol. The molecule has 2 rings (SSSR count). The number of rotatable bonds is 6. The van der Waals surface area contributed by atoms with E-state index in [1.807, 2.05) is 0 Å². The van der Waals surface area contributed by atoms with Crippen molar-refractivity contribution in [3.8, 4) is 17.2 Å². The highest BCUT2D eigenvalue weighted by Gasteiger charge is 2.32. The molecular weight excluding hydrogens is 396 g/mol. The van der Waals surface area contributed by atoms with E-state index in [-0.39, 0.29) is 22.8 Å². The molecule has 132 valence electrons. The van der Waals surface area contributed by atoms with Gasteiger partial charge in [0.2, 0.25) is 11.5 Å². The second-order valence-corrected chi connectivity index (χ2v) is 5.68. The Labute approximate surface area is 152 Å². The van der Waals surface area contributed by atoms with Crippen LogP contribution >= 0.6 is 15.9 Å². The van der Waals surface area contributed by atoms with Crippen molar-refractivity contribution in [2.24, 2.45) is 0 Å². The van der Waals surface area contributed by atoms with E-state index >= 15 is 0 Å². The van der Waals surface area contributed by atoms with Crippen molar-refractivity contribution < 1.29 is 23.9 Å². The van der Waals surface area contributed by atoms with Crippen molar-refractivity contribution in [2.75, 3.05) is 26.6 Å². The standard InChI is InChI=1S/C16H15BrN2O6/c1-23-12-8-11(13(19(21)22)15(25-3)14(12)24-2)16(20)18-10-6-4-9(17)5-7-10/h4-8H,1-3H3,(H,18,20). The molecule has 2 aromatic carbocycles. The molecule has 0 bridgehead atoms. The first-order chi connectivity index (χ1) is 11.9. The van der Waals surface area contributed by atoms with Gasteiger partial charge in [-0.25, -0.2) is 0 Å². The van der Waals surface area contributed by atoms with E-state index in [4.69, 9.17) is 14.2 Å². The quantitative estimate of drug-likeness (QED) is 0.576. The zero-order chi connectivity index (χ0) is 18.6. The van der Waals surface area contributed by atoms with E-state index < -0.39 is 16.5 Å². The van der Waals surface area contributed by atoms with Gasteiger partial charge in [-0.2, -0.15) is 0 Å². The topological polar surface area (TPSA) is 99.9 Å². The van der Waals surface area contributed by atoms with Crippen molar-refractivity contribution in [3.63, 3.8) is 0 Å². The Kier molecular flexibility index (Phi) is 5.81. The molecule has 1 amide bonds. The van der Waals surface area contributed by atoms with Gasteiger partial charge in [0.1, 0.15) is 5.56 Å². The number of nitrogens with zero attached hydrogens (tertiary/aromatic N) is 1. The number of carbonyl (C=O) groups is 1. The van der Waals surface area contributed by atoms with Gasteiger partial charge in [0.05, 0.1) is 26.3 Å². The third-order valence-electron chi connectivity index (χ3n) is 3.33. The zero-order valence-corrected chi connectivity index (χ0v) is 15.2. The van der Waals surface area contributed by atoms with Crippen LogP contribution < -0.4 is 19.5 Å². The Balaban J connectivity index is 2.56. The highest BCUT2D eigenvalue weighted by molar-refractivity contribution is 9.10. The van der Waals surface area contributed by atoms with Crippen LogP contribution in [-0.2, 0) is 0 Å². The molecular formula is C16H15BrN2O6. The number of nitrogens with one attached hydrogen (secondary N) is 1. The third-order valence-corrected chi connectivity index (χ3v) is 3.86. The van der Waals surface area contributed by atoms with Crippen LogP contribution in [0.3, 0.4) is 0 Å². The third kappa shape index (κ3) is 3.82. The first kappa shape index (κ1) is 18.5. The number of ether oxygens (including phenoxy) is 3. The molecule has 0 radical (unpaired) electrons. The molecule has 0 spiro atoms. The molecule has 0 saturated heterocycles. The van der Waals surface area contributed by atoms with E-state index in [0.717, 1.165) is 4.47 Å². The number of amides is 1. The van der Waals surface area contributed by atoms with Crippen molar-refractivity contribution in [3.05, 3.63) is 50.5 Å². The van der Waals surface area contributed by atoms with Gasteiger partial charge in [0.15, 0.2) is 5.75 Å². The van der Waals surface area contributed by atoms with Crippen LogP contribution in [-0.4, -0.2) is 32.2 Å². The number of nitro groups is 1. The minimum absolute atomic E-state index is 0.0388. The number of anilines is 1. The normalized spacial score (nSPS) is 10.1. The summed E-state index contributed by atoms with van der Waals surface area (Å²) in [5.74, 6) is -0.677. The molecule has 0 aliphatic rings. The maximum Gasteiger partial charge on any atom is 0.327 e. The summed E-state index contributed by atoms with van der Waals surface area (Å²) in [5, 5.41) is 14.1. The second kappa shape index (κ2) is 7.84. The van der Waals surface area contributed by atoms with Crippen LogP contribution in [0.15, 0.2) is 34.8 Å². The van der Waals surface area contributed by atoms with Crippen LogP contribution in [0, 0.1) is 10.1 Å². The lowest BCUT2D eigenvalue weighted by atomic mass is 10.1. The Morgan fingerprint density at radius 1 is 1.08 bits per heavy atom. The fraction of sp³-hybridized carbons (Fsp3) is 0.188. The first-order valence-electron chi connectivity index (χ1n) is 6.97.